The standard InChI is InChI=1S/C11H11F3N2/c1-16-9(8-5-3-2-4-6-8)7-10(15-16)11(12,13)14/h2-6,9H,7H2,1H3. The Balaban J connectivity index is 2.19. The maximum atomic E-state index is 12.5. The molecule has 86 valence electrons. The van der Waals surface area contributed by atoms with Gasteiger partial charge in [0.1, 0.15) is 5.71 Å². The maximum absolute atomic E-state index is 12.5. The molecule has 0 radical (unpaired) electrons. The molecule has 0 fully saturated rings. The maximum Gasteiger partial charge on any atom is 0.431 e. The predicted molar refractivity (Wildman–Crippen MR) is 55.1 cm³/mol. The topological polar surface area (TPSA) is 15.6 Å². The molecule has 0 saturated heterocycles. The molecule has 0 aromatic heterocycles. The van der Waals surface area contributed by atoms with E-state index in [1.54, 1.807) is 7.05 Å². The molecule has 0 amide bonds. The smallest absolute Gasteiger partial charge is 0.292 e. The largest absolute Gasteiger partial charge is 0.431 e. The first-order chi connectivity index (χ1) is 7.48. The van der Waals surface area contributed by atoms with E-state index < -0.39 is 11.9 Å². The Morgan fingerprint density at radius 3 is 2.38 bits per heavy atom. The third kappa shape index (κ3) is 2.03. The van der Waals surface area contributed by atoms with E-state index in [0.29, 0.717) is 0 Å². The number of hydrogen-bond acceptors (Lipinski definition) is 2. The van der Waals surface area contributed by atoms with Crippen molar-refractivity contribution < 1.29 is 13.2 Å². The van der Waals surface area contributed by atoms with E-state index in [9.17, 15) is 13.2 Å². The second kappa shape index (κ2) is 3.81. The summed E-state index contributed by atoms with van der Waals surface area (Å²) >= 11 is 0. The van der Waals surface area contributed by atoms with Crippen molar-refractivity contribution in [3.63, 3.8) is 0 Å². The minimum absolute atomic E-state index is 0.0794. The van der Waals surface area contributed by atoms with E-state index in [0.717, 1.165) is 5.56 Å². The molecule has 0 spiro atoms. The summed E-state index contributed by atoms with van der Waals surface area (Å²) in [5, 5.41) is 4.92. The molecule has 1 atom stereocenters. The van der Waals surface area contributed by atoms with Gasteiger partial charge in [-0.1, -0.05) is 30.3 Å². The van der Waals surface area contributed by atoms with Crippen LogP contribution < -0.4 is 0 Å². The Bertz CT molecular complexity index is 397. The molecule has 1 unspecified atom stereocenters. The first kappa shape index (κ1) is 11.0. The molecule has 5 heteroatoms. The van der Waals surface area contributed by atoms with Crippen LogP contribution in [0.4, 0.5) is 13.2 Å². The third-order valence-corrected chi connectivity index (χ3v) is 2.63. The molecule has 16 heavy (non-hydrogen) atoms. The molecular formula is C11H11F3N2. The third-order valence-electron chi connectivity index (χ3n) is 2.63. The summed E-state index contributed by atoms with van der Waals surface area (Å²) in [5.74, 6) is 0. The summed E-state index contributed by atoms with van der Waals surface area (Å²) < 4.78 is 37.4. The number of rotatable bonds is 1. The van der Waals surface area contributed by atoms with Crippen molar-refractivity contribution in [3.05, 3.63) is 35.9 Å². The molecule has 0 saturated carbocycles. The zero-order valence-electron chi connectivity index (χ0n) is 8.70. The Hall–Kier alpha value is -1.52. The van der Waals surface area contributed by atoms with Crippen LogP contribution in [0.25, 0.3) is 0 Å². The molecule has 1 aliphatic heterocycles. The highest BCUT2D eigenvalue weighted by Crippen LogP contribution is 2.34. The molecule has 1 aromatic carbocycles. The monoisotopic (exact) mass is 228 g/mol. The molecule has 1 aliphatic rings. The van der Waals surface area contributed by atoms with Crippen LogP contribution in [0.1, 0.15) is 18.0 Å². The van der Waals surface area contributed by atoms with Crippen LogP contribution in [0, 0.1) is 0 Å². The van der Waals surface area contributed by atoms with Gasteiger partial charge in [-0.05, 0) is 5.56 Å². The molecular weight excluding hydrogens is 217 g/mol. The van der Waals surface area contributed by atoms with Gasteiger partial charge in [0.25, 0.3) is 0 Å². The van der Waals surface area contributed by atoms with Crippen LogP contribution in [-0.2, 0) is 0 Å². The second-order valence-electron chi connectivity index (χ2n) is 3.75. The minimum Gasteiger partial charge on any atom is -0.292 e. The summed E-state index contributed by atoms with van der Waals surface area (Å²) in [5.41, 5.74) is 0.150. The lowest BCUT2D eigenvalue weighted by Gasteiger charge is -2.18. The van der Waals surface area contributed by atoms with E-state index in [2.05, 4.69) is 5.10 Å². The fourth-order valence-corrected chi connectivity index (χ4v) is 1.80. The van der Waals surface area contributed by atoms with Gasteiger partial charge in [-0.2, -0.15) is 18.3 Å². The summed E-state index contributed by atoms with van der Waals surface area (Å²) in [7, 11) is 1.57. The van der Waals surface area contributed by atoms with Gasteiger partial charge in [0.05, 0.1) is 6.04 Å². The van der Waals surface area contributed by atoms with E-state index >= 15 is 0 Å². The highest BCUT2D eigenvalue weighted by Gasteiger charge is 2.42. The van der Waals surface area contributed by atoms with Gasteiger partial charge in [-0.25, -0.2) is 0 Å². The van der Waals surface area contributed by atoms with Gasteiger partial charge in [-0.3, -0.25) is 5.01 Å². The quantitative estimate of drug-likeness (QED) is 0.721. The van der Waals surface area contributed by atoms with Crippen molar-refractivity contribution in [2.45, 2.75) is 18.6 Å². The number of hydrogen-bond donors (Lipinski definition) is 0. The first-order valence-electron chi connectivity index (χ1n) is 4.91. The van der Waals surface area contributed by atoms with Crippen molar-refractivity contribution in [1.29, 1.82) is 0 Å². The Morgan fingerprint density at radius 2 is 1.88 bits per heavy atom. The molecule has 0 aliphatic carbocycles. The fourth-order valence-electron chi connectivity index (χ4n) is 1.80. The highest BCUT2D eigenvalue weighted by molar-refractivity contribution is 5.91. The van der Waals surface area contributed by atoms with Gasteiger partial charge in [0.15, 0.2) is 0 Å². The molecule has 1 heterocycles. The van der Waals surface area contributed by atoms with E-state index in [1.165, 1.54) is 5.01 Å². The predicted octanol–water partition coefficient (Wildman–Crippen LogP) is 2.98. The van der Waals surface area contributed by atoms with Crippen LogP contribution in [0.15, 0.2) is 35.4 Å². The lowest BCUT2D eigenvalue weighted by molar-refractivity contribution is -0.0601. The van der Waals surface area contributed by atoms with E-state index in [-0.39, 0.29) is 12.5 Å². The summed E-state index contributed by atoms with van der Waals surface area (Å²) in [6.07, 6.45) is -4.40. The molecule has 0 bridgehead atoms. The first-order valence-corrected chi connectivity index (χ1v) is 4.91. The van der Waals surface area contributed by atoms with Crippen LogP contribution >= 0.6 is 0 Å². The Labute approximate surface area is 91.4 Å². The summed E-state index contributed by atoms with van der Waals surface area (Å²) in [6, 6.07) is 8.79. The lowest BCUT2D eigenvalue weighted by Crippen LogP contribution is -2.21. The van der Waals surface area contributed by atoms with Gasteiger partial charge >= 0.3 is 6.18 Å². The Morgan fingerprint density at radius 1 is 1.25 bits per heavy atom. The van der Waals surface area contributed by atoms with Gasteiger partial charge in [0, 0.05) is 13.5 Å². The van der Waals surface area contributed by atoms with Gasteiger partial charge in [-0.15, -0.1) is 0 Å². The van der Waals surface area contributed by atoms with Crippen LogP contribution in [0.3, 0.4) is 0 Å². The second-order valence-corrected chi connectivity index (χ2v) is 3.75. The van der Waals surface area contributed by atoms with E-state index in [1.807, 2.05) is 30.3 Å². The number of hydrazone groups is 1. The zero-order chi connectivity index (χ0) is 11.8. The Kier molecular flexibility index (Phi) is 2.61. The molecule has 0 N–H and O–H groups in total. The summed E-state index contributed by atoms with van der Waals surface area (Å²) in [4.78, 5) is 0. The average molecular weight is 228 g/mol. The number of halogens is 3. The average Bonchev–Trinajstić information content (AvgIpc) is 2.61. The number of benzene rings is 1. The SMILES string of the molecule is CN1N=C(C(F)(F)F)CC1c1ccccc1. The minimum atomic E-state index is -4.32. The number of alkyl halides is 3. The van der Waals surface area contributed by atoms with Crippen molar-refractivity contribution in [3.8, 4) is 0 Å². The van der Waals surface area contributed by atoms with Crippen LogP contribution in [0.5, 0.6) is 0 Å². The molecule has 2 rings (SSSR count). The highest BCUT2D eigenvalue weighted by atomic mass is 19.4. The summed E-state index contributed by atoms with van der Waals surface area (Å²) in [6.45, 7) is 0. The fraction of sp³-hybridized carbons (Fsp3) is 0.364. The van der Waals surface area contributed by atoms with Crippen molar-refractivity contribution >= 4 is 5.71 Å². The van der Waals surface area contributed by atoms with E-state index in [4.69, 9.17) is 0 Å². The number of nitrogens with zero attached hydrogens (tertiary/aromatic N) is 2. The zero-order valence-corrected chi connectivity index (χ0v) is 8.70. The van der Waals surface area contributed by atoms with Gasteiger partial charge in [0.2, 0.25) is 0 Å². The molecule has 2 nitrogen and oxygen atoms in total. The molecule has 1 aromatic rings. The van der Waals surface area contributed by atoms with Crippen molar-refractivity contribution in [2.24, 2.45) is 5.10 Å². The van der Waals surface area contributed by atoms with Crippen molar-refractivity contribution in [2.75, 3.05) is 7.05 Å². The van der Waals surface area contributed by atoms with Crippen molar-refractivity contribution in [1.82, 2.24) is 5.01 Å². The normalized spacial score (nSPS) is 21.1. The van der Waals surface area contributed by atoms with Crippen LogP contribution in [0.2, 0.25) is 0 Å². The van der Waals surface area contributed by atoms with Gasteiger partial charge < -0.3 is 0 Å². The van der Waals surface area contributed by atoms with Crippen LogP contribution in [-0.4, -0.2) is 23.9 Å². The lowest BCUT2D eigenvalue weighted by atomic mass is 10.0.